The number of sulfonamides is 1. The highest BCUT2D eigenvalue weighted by Crippen LogP contribution is 2.31. The van der Waals surface area contributed by atoms with E-state index in [4.69, 9.17) is 0 Å². The molecule has 1 fully saturated rings. The van der Waals surface area contributed by atoms with E-state index >= 15 is 0 Å². The molecular formula is C16H22N2O3S. The van der Waals surface area contributed by atoms with Crippen molar-refractivity contribution in [1.29, 1.82) is 0 Å². The van der Waals surface area contributed by atoms with E-state index in [9.17, 15) is 13.2 Å². The van der Waals surface area contributed by atoms with Gasteiger partial charge in [0.15, 0.2) is 0 Å². The molecule has 0 spiro atoms. The zero-order valence-electron chi connectivity index (χ0n) is 13.1. The van der Waals surface area contributed by atoms with Gasteiger partial charge < -0.3 is 4.90 Å². The van der Waals surface area contributed by atoms with Crippen molar-refractivity contribution in [3.63, 3.8) is 0 Å². The molecule has 0 atom stereocenters. The highest BCUT2D eigenvalue weighted by molar-refractivity contribution is 7.92. The second kappa shape index (κ2) is 5.57. The van der Waals surface area contributed by atoms with Gasteiger partial charge in [-0.3, -0.25) is 9.10 Å². The number of anilines is 1. The molecule has 0 saturated heterocycles. The molecule has 0 bridgehead atoms. The van der Waals surface area contributed by atoms with Crippen molar-refractivity contribution in [2.24, 2.45) is 0 Å². The summed E-state index contributed by atoms with van der Waals surface area (Å²) in [5.41, 5.74) is 2.31. The first-order valence-electron chi connectivity index (χ1n) is 7.76. The molecule has 3 rings (SSSR count). The Bertz CT molecular complexity index is 693. The van der Waals surface area contributed by atoms with Crippen LogP contribution in [-0.4, -0.2) is 45.1 Å². The van der Waals surface area contributed by atoms with Gasteiger partial charge in [-0.2, -0.15) is 0 Å². The number of carbonyl (C=O) groups is 1. The monoisotopic (exact) mass is 322 g/mol. The Morgan fingerprint density at radius 1 is 1.27 bits per heavy atom. The van der Waals surface area contributed by atoms with Crippen LogP contribution in [0.3, 0.4) is 0 Å². The molecule has 1 aromatic carbocycles. The van der Waals surface area contributed by atoms with E-state index in [2.05, 4.69) is 0 Å². The standard InChI is InChI=1S/C16H22N2O3S/c1-17(14-5-3-4-6-14)16(19)13-7-8-15-12(11-13)9-10-18(15)22(2,20)21/h7-8,11,14H,3-6,9-10H2,1-2H3. The number of amides is 1. The van der Waals surface area contributed by atoms with Gasteiger partial charge in [0.1, 0.15) is 0 Å². The van der Waals surface area contributed by atoms with Crippen LogP contribution in [0.1, 0.15) is 41.6 Å². The zero-order chi connectivity index (χ0) is 15.9. The van der Waals surface area contributed by atoms with Gasteiger partial charge in [0, 0.05) is 25.2 Å². The summed E-state index contributed by atoms with van der Waals surface area (Å²) in [6, 6.07) is 5.71. The second-order valence-electron chi connectivity index (χ2n) is 6.28. The third-order valence-corrected chi connectivity index (χ3v) is 5.95. The lowest BCUT2D eigenvalue weighted by Crippen LogP contribution is -2.35. The highest BCUT2D eigenvalue weighted by Gasteiger charge is 2.28. The summed E-state index contributed by atoms with van der Waals surface area (Å²) < 4.78 is 24.9. The van der Waals surface area contributed by atoms with Crippen LogP contribution in [0.15, 0.2) is 18.2 Å². The predicted octanol–water partition coefficient (Wildman–Crippen LogP) is 2.02. The maximum absolute atomic E-state index is 12.6. The summed E-state index contributed by atoms with van der Waals surface area (Å²) in [6.07, 6.45) is 6.42. The van der Waals surface area contributed by atoms with Crippen molar-refractivity contribution in [3.8, 4) is 0 Å². The Morgan fingerprint density at radius 3 is 2.59 bits per heavy atom. The van der Waals surface area contributed by atoms with Gasteiger partial charge in [0.2, 0.25) is 10.0 Å². The molecular weight excluding hydrogens is 300 g/mol. The molecule has 120 valence electrons. The van der Waals surface area contributed by atoms with E-state index < -0.39 is 10.0 Å². The largest absolute Gasteiger partial charge is 0.339 e. The molecule has 0 N–H and O–H groups in total. The smallest absolute Gasteiger partial charge is 0.253 e. The SMILES string of the molecule is CN(C(=O)c1ccc2c(c1)CCN2S(C)(=O)=O)C1CCCC1. The number of hydrogen-bond donors (Lipinski definition) is 0. The molecule has 1 aliphatic carbocycles. The van der Waals surface area contributed by atoms with E-state index in [1.165, 1.54) is 23.4 Å². The third kappa shape index (κ3) is 2.72. The van der Waals surface area contributed by atoms with Crippen molar-refractivity contribution >= 4 is 21.6 Å². The summed E-state index contributed by atoms with van der Waals surface area (Å²) in [6.45, 7) is 0.463. The molecule has 2 aliphatic rings. The van der Waals surface area contributed by atoms with Crippen molar-refractivity contribution < 1.29 is 13.2 Å². The molecule has 1 aromatic rings. The number of fused-ring (bicyclic) bond motifs is 1. The first-order chi connectivity index (χ1) is 10.4. The number of hydrogen-bond acceptors (Lipinski definition) is 3. The predicted molar refractivity (Wildman–Crippen MR) is 86.7 cm³/mol. The summed E-state index contributed by atoms with van der Waals surface area (Å²) in [5.74, 6) is 0.0347. The Balaban J connectivity index is 1.84. The van der Waals surface area contributed by atoms with E-state index in [0.29, 0.717) is 30.3 Å². The van der Waals surface area contributed by atoms with Crippen LogP contribution < -0.4 is 4.31 Å². The number of rotatable bonds is 3. The van der Waals surface area contributed by atoms with E-state index in [0.717, 1.165) is 18.4 Å². The van der Waals surface area contributed by atoms with Crippen LogP contribution in [0.25, 0.3) is 0 Å². The zero-order valence-corrected chi connectivity index (χ0v) is 13.9. The Labute approximate surface area is 132 Å². The molecule has 1 amide bonds. The van der Waals surface area contributed by atoms with Gasteiger partial charge in [0.25, 0.3) is 5.91 Å². The molecule has 1 heterocycles. The first kappa shape index (κ1) is 15.3. The summed E-state index contributed by atoms with van der Waals surface area (Å²) in [4.78, 5) is 14.4. The lowest BCUT2D eigenvalue weighted by atomic mass is 10.1. The molecule has 1 saturated carbocycles. The molecule has 1 aliphatic heterocycles. The summed E-state index contributed by atoms with van der Waals surface area (Å²) in [5, 5.41) is 0. The maximum atomic E-state index is 12.6. The van der Waals surface area contributed by atoms with Gasteiger partial charge in [-0.25, -0.2) is 8.42 Å². The van der Waals surface area contributed by atoms with E-state index in [1.54, 1.807) is 12.1 Å². The quantitative estimate of drug-likeness (QED) is 0.855. The number of carbonyl (C=O) groups excluding carboxylic acids is 1. The van der Waals surface area contributed by atoms with Gasteiger partial charge in [-0.1, -0.05) is 12.8 Å². The van der Waals surface area contributed by atoms with E-state index in [-0.39, 0.29) is 5.91 Å². The van der Waals surface area contributed by atoms with Gasteiger partial charge in [-0.05, 0) is 43.0 Å². The highest BCUT2D eigenvalue weighted by atomic mass is 32.2. The lowest BCUT2D eigenvalue weighted by Gasteiger charge is -2.24. The Hall–Kier alpha value is -1.56. The fourth-order valence-electron chi connectivity index (χ4n) is 3.51. The molecule has 0 unspecified atom stereocenters. The van der Waals surface area contributed by atoms with Crippen LogP contribution in [0.5, 0.6) is 0 Å². The average Bonchev–Trinajstić information content (AvgIpc) is 3.13. The van der Waals surface area contributed by atoms with Crippen LogP contribution >= 0.6 is 0 Å². The van der Waals surface area contributed by atoms with Crippen molar-refractivity contribution in [3.05, 3.63) is 29.3 Å². The number of nitrogens with zero attached hydrogens (tertiary/aromatic N) is 2. The molecule has 6 heteroatoms. The van der Waals surface area contributed by atoms with E-state index in [1.807, 2.05) is 18.0 Å². The fraction of sp³-hybridized carbons (Fsp3) is 0.562. The second-order valence-corrected chi connectivity index (χ2v) is 8.19. The van der Waals surface area contributed by atoms with Crippen molar-refractivity contribution in [2.45, 2.75) is 38.1 Å². The normalized spacial score (nSPS) is 18.5. The van der Waals surface area contributed by atoms with Crippen molar-refractivity contribution in [1.82, 2.24) is 4.90 Å². The minimum atomic E-state index is -3.24. The van der Waals surface area contributed by atoms with Crippen LogP contribution in [0.4, 0.5) is 5.69 Å². The fourth-order valence-corrected chi connectivity index (χ4v) is 4.47. The summed E-state index contributed by atoms with van der Waals surface area (Å²) >= 11 is 0. The average molecular weight is 322 g/mol. The lowest BCUT2D eigenvalue weighted by molar-refractivity contribution is 0.0735. The van der Waals surface area contributed by atoms with Crippen LogP contribution in [0.2, 0.25) is 0 Å². The summed E-state index contributed by atoms with van der Waals surface area (Å²) in [7, 11) is -1.37. The molecule has 0 aromatic heterocycles. The third-order valence-electron chi connectivity index (χ3n) is 4.77. The Kier molecular flexibility index (Phi) is 3.89. The van der Waals surface area contributed by atoms with Gasteiger partial charge >= 0.3 is 0 Å². The topological polar surface area (TPSA) is 57.7 Å². The van der Waals surface area contributed by atoms with Crippen LogP contribution in [0, 0.1) is 0 Å². The Morgan fingerprint density at radius 2 is 1.95 bits per heavy atom. The van der Waals surface area contributed by atoms with Gasteiger partial charge in [0.05, 0.1) is 11.9 Å². The molecule has 0 radical (unpaired) electrons. The van der Waals surface area contributed by atoms with Crippen molar-refractivity contribution in [2.75, 3.05) is 24.2 Å². The molecule has 22 heavy (non-hydrogen) atoms. The van der Waals surface area contributed by atoms with Crippen LogP contribution in [-0.2, 0) is 16.4 Å². The molecule has 5 nitrogen and oxygen atoms in total. The maximum Gasteiger partial charge on any atom is 0.253 e. The number of benzene rings is 1. The first-order valence-corrected chi connectivity index (χ1v) is 9.60. The minimum Gasteiger partial charge on any atom is -0.339 e. The van der Waals surface area contributed by atoms with Gasteiger partial charge in [-0.15, -0.1) is 0 Å². The minimum absolute atomic E-state index is 0.0347.